The Hall–Kier alpha value is -1.80. The summed E-state index contributed by atoms with van der Waals surface area (Å²) in [5.41, 5.74) is 1.40. The van der Waals surface area contributed by atoms with Gasteiger partial charge < -0.3 is 9.64 Å². The average molecular weight is 335 g/mol. The van der Waals surface area contributed by atoms with E-state index in [1.54, 1.807) is 0 Å². The highest BCUT2D eigenvalue weighted by Gasteiger charge is 2.36. The van der Waals surface area contributed by atoms with Crippen LogP contribution in [-0.4, -0.2) is 31.1 Å². The zero-order valence-corrected chi connectivity index (χ0v) is 15.5. The molecule has 0 spiro atoms. The maximum Gasteiger partial charge on any atom is 0.103 e. The summed E-state index contributed by atoms with van der Waals surface area (Å²) in [5, 5.41) is 2.68. The topological polar surface area (TPSA) is 12.5 Å². The van der Waals surface area contributed by atoms with Crippen molar-refractivity contribution in [3.63, 3.8) is 0 Å². The lowest BCUT2D eigenvalue weighted by molar-refractivity contribution is 0.106. The van der Waals surface area contributed by atoms with Gasteiger partial charge in [-0.05, 0) is 75.0 Å². The van der Waals surface area contributed by atoms with Gasteiger partial charge in [-0.1, -0.05) is 42.5 Å². The third kappa shape index (κ3) is 3.08. The van der Waals surface area contributed by atoms with Crippen LogP contribution in [-0.2, 0) is 10.2 Å². The molecule has 1 saturated heterocycles. The number of rotatable bonds is 4. The van der Waals surface area contributed by atoms with E-state index < -0.39 is 0 Å². The van der Waals surface area contributed by atoms with Gasteiger partial charge in [-0.2, -0.15) is 0 Å². The second-order valence-electron chi connectivity index (χ2n) is 7.91. The zero-order valence-electron chi connectivity index (χ0n) is 15.5. The molecule has 0 bridgehead atoms. The molecule has 0 N–H and O–H groups in total. The highest BCUT2D eigenvalue weighted by Crippen LogP contribution is 2.43. The Balaban J connectivity index is 1.65. The quantitative estimate of drug-likeness (QED) is 0.754. The third-order valence-corrected chi connectivity index (χ3v) is 6.24. The molecule has 1 heterocycles. The number of allylic oxidation sites excluding steroid dienone is 2. The van der Waals surface area contributed by atoms with Crippen LogP contribution < -0.4 is 0 Å². The molecular formula is C23H29NO. The van der Waals surface area contributed by atoms with Crippen molar-refractivity contribution in [2.75, 3.05) is 20.2 Å². The fraction of sp³-hybridized carbons (Fsp3) is 0.478. The van der Waals surface area contributed by atoms with Crippen molar-refractivity contribution in [2.45, 2.75) is 50.5 Å². The Bertz CT molecular complexity index is 775. The highest BCUT2D eigenvalue weighted by molar-refractivity contribution is 5.87. The van der Waals surface area contributed by atoms with Crippen LogP contribution in [0.15, 0.2) is 54.3 Å². The fourth-order valence-corrected chi connectivity index (χ4v) is 4.61. The average Bonchev–Trinajstić information content (AvgIpc) is 3.05. The second kappa shape index (κ2) is 6.84. The first-order valence-electron chi connectivity index (χ1n) is 9.70. The molecule has 0 saturated carbocycles. The number of nitrogens with zero attached hydrogens (tertiary/aromatic N) is 1. The van der Waals surface area contributed by atoms with Gasteiger partial charge in [-0.15, -0.1) is 0 Å². The lowest BCUT2D eigenvalue weighted by atomic mass is 9.72. The first-order valence-corrected chi connectivity index (χ1v) is 9.70. The summed E-state index contributed by atoms with van der Waals surface area (Å²) in [6, 6.07) is 16.0. The maximum atomic E-state index is 6.48. The number of hydrogen-bond acceptors (Lipinski definition) is 2. The van der Waals surface area contributed by atoms with E-state index in [1.807, 2.05) is 0 Å². The summed E-state index contributed by atoms with van der Waals surface area (Å²) in [7, 11) is 2.22. The van der Waals surface area contributed by atoms with Crippen LogP contribution in [0.4, 0.5) is 0 Å². The SMILES string of the molecule is CN1CCC[C@H]1COC1=CCCC[C@]1(C)c1cccc2ccccc12. The van der Waals surface area contributed by atoms with Crippen molar-refractivity contribution in [1.82, 2.24) is 4.90 Å². The summed E-state index contributed by atoms with van der Waals surface area (Å²) < 4.78 is 6.48. The summed E-state index contributed by atoms with van der Waals surface area (Å²) in [6.07, 6.45) is 8.43. The minimum Gasteiger partial charge on any atom is -0.496 e. The van der Waals surface area contributed by atoms with Gasteiger partial charge in [0.15, 0.2) is 0 Å². The van der Waals surface area contributed by atoms with Crippen molar-refractivity contribution < 1.29 is 4.74 Å². The maximum absolute atomic E-state index is 6.48. The smallest absolute Gasteiger partial charge is 0.103 e. The van der Waals surface area contributed by atoms with Crippen LogP contribution in [0.5, 0.6) is 0 Å². The van der Waals surface area contributed by atoms with Crippen LogP contribution in [0.2, 0.25) is 0 Å². The largest absolute Gasteiger partial charge is 0.496 e. The van der Waals surface area contributed by atoms with Crippen molar-refractivity contribution >= 4 is 10.8 Å². The highest BCUT2D eigenvalue weighted by atomic mass is 16.5. The van der Waals surface area contributed by atoms with Crippen LogP contribution in [0.25, 0.3) is 10.8 Å². The molecule has 2 aliphatic rings. The van der Waals surface area contributed by atoms with E-state index in [9.17, 15) is 0 Å². The van der Waals surface area contributed by atoms with Crippen LogP contribution >= 0.6 is 0 Å². The number of fused-ring (bicyclic) bond motifs is 1. The molecule has 2 aromatic rings. The van der Waals surface area contributed by atoms with Crippen LogP contribution in [0.1, 0.15) is 44.6 Å². The van der Waals surface area contributed by atoms with Crippen molar-refractivity contribution in [2.24, 2.45) is 0 Å². The summed E-state index contributed by atoms with van der Waals surface area (Å²) in [5.74, 6) is 1.19. The first kappa shape index (κ1) is 16.7. The monoisotopic (exact) mass is 335 g/mol. The molecule has 1 aliphatic carbocycles. The molecule has 132 valence electrons. The predicted molar refractivity (Wildman–Crippen MR) is 105 cm³/mol. The predicted octanol–water partition coefficient (Wildman–Crippen LogP) is 5.28. The van der Waals surface area contributed by atoms with Gasteiger partial charge in [0.25, 0.3) is 0 Å². The molecule has 2 nitrogen and oxygen atoms in total. The molecule has 1 aliphatic heterocycles. The minimum atomic E-state index is -0.0176. The molecule has 2 atom stereocenters. The lowest BCUT2D eigenvalue weighted by Gasteiger charge is -2.37. The number of likely N-dealkylation sites (N-methyl/N-ethyl adjacent to an activating group) is 1. The van der Waals surface area contributed by atoms with Gasteiger partial charge in [0, 0.05) is 6.04 Å². The third-order valence-electron chi connectivity index (χ3n) is 6.24. The zero-order chi connectivity index (χ0) is 17.3. The summed E-state index contributed by atoms with van der Waals surface area (Å²) >= 11 is 0. The van der Waals surface area contributed by atoms with Crippen molar-refractivity contribution in [3.05, 3.63) is 59.9 Å². The first-order chi connectivity index (χ1) is 12.2. The van der Waals surface area contributed by atoms with Crippen molar-refractivity contribution in [3.8, 4) is 0 Å². The van der Waals surface area contributed by atoms with E-state index in [4.69, 9.17) is 4.74 Å². The number of ether oxygens (including phenoxy) is 1. The van der Waals surface area contributed by atoms with Gasteiger partial charge in [0.1, 0.15) is 12.4 Å². The minimum absolute atomic E-state index is 0.0176. The van der Waals surface area contributed by atoms with Gasteiger partial charge in [-0.3, -0.25) is 0 Å². The Morgan fingerprint density at radius 2 is 1.96 bits per heavy atom. The summed E-state index contributed by atoms with van der Waals surface area (Å²) in [6.45, 7) is 4.40. The lowest BCUT2D eigenvalue weighted by Crippen LogP contribution is -2.34. The molecule has 2 heteroatoms. The molecule has 25 heavy (non-hydrogen) atoms. The van der Waals surface area contributed by atoms with E-state index in [-0.39, 0.29) is 5.41 Å². The molecule has 2 aromatic carbocycles. The number of likely N-dealkylation sites (tertiary alicyclic amines) is 1. The Morgan fingerprint density at radius 3 is 2.80 bits per heavy atom. The molecule has 0 unspecified atom stereocenters. The molecule has 4 rings (SSSR count). The molecule has 0 amide bonds. The van der Waals surface area contributed by atoms with Gasteiger partial charge in [-0.25, -0.2) is 0 Å². The Morgan fingerprint density at radius 1 is 1.12 bits per heavy atom. The van der Waals surface area contributed by atoms with E-state index >= 15 is 0 Å². The number of benzene rings is 2. The number of hydrogen-bond donors (Lipinski definition) is 0. The van der Waals surface area contributed by atoms with Gasteiger partial charge in [0.05, 0.1) is 5.41 Å². The molecular weight excluding hydrogens is 306 g/mol. The summed E-state index contributed by atoms with van der Waals surface area (Å²) in [4.78, 5) is 2.44. The molecule has 0 radical (unpaired) electrons. The van der Waals surface area contributed by atoms with Gasteiger partial charge >= 0.3 is 0 Å². The van der Waals surface area contributed by atoms with Gasteiger partial charge in [0.2, 0.25) is 0 Å². The fourth-order valence-electron chi connectivity index (χ4n) is 4.61. The van der Waals surface area contributed by atoms with Crippen LogP contribution in [0, 0.1) is 0 Å². The Labute approximate surface area is 151 Å². The van der Waals surface area contributed by atoms with E-state index in [0.717, 1.165) is 19.4 Å². The van der Waals surface area contributed by atoms with Crippen molar-refractivity contribution in [1.29, 1.82) is 0 Å². The van der Waals surface area contributed by atoms with E-state index in [0.29, 0.717) is 6.04 Å². The second-order valence-corrected chi connectivity index (χ2v) is 7.91. The normalized spacial score (nSPS) is 27.4. The molecule has 0 aromatic heterocycles. The Kier molecular flexibility index (Phi) is 4.56. The standard InChI is InChI=1S/C23H29NO/c1-23(21-13-7-10-18-9-3-4-12-20(18)21)15-6-5-14-22(23)25-17-19-11-8-16-24(19)2/h3-4,7,9-10,12-14,19H,5-6,8,11,15-17H2,1-2H3/t19-,23+/m0/s1. The van der Waals surface area contributed by atoms with E-state index in [1.165, 1.54) is 47.9 Å². The van der Waals surface area contributed by atoms with Crippen LogP contribution in [0.3, 0.4) is 0 Å². The molecule has 1 fully saturated rings. The van der Waals surface area contributed by atoms with E-state index in [2.05, 4.69) is 67.4 Å².